The van der Waals surface area contributed by atoms with Crippen LogP contribution >= 0.6 is 0 Å². The molecular weight excluding hydrogens is 452 g/mol. The Morgan fingerprint density at radius 3 is 1.89 bits per heavy atom. The molecule has 0 unspecified atom stereocenters. The van der Waals surface area contributed by atoms with Crippen molar-refractivity contribution in [2.75, 3.05) is 0 Å². The SMILES string of the molecule is C/C=C/C=C/C(O)=C1/C(=O)[C@@]2(C)[C@H]3\C(=C(O)/C=C/C=C/C)C(=O)[C@H]4[C@H]1[C@]1(C)O[C@@]4(O)[C@@]3(C)O[C@@]12O. The van der Waals surface area contributed by atoms with Crippen LogP contribution in [-0.4, -0.2) is 54.8 Å². The van der Waals surface area contributed by atoms with Crippen molar-refractivity contribution in [2.24, 2.45) is 23.2 Å². The lowest BCUT2D eigenvalue weighted by Gasteiger charge is -2.55. The fraction of sp³-hybridized carbons (Fsp3) is 0.481. The van der Waals surface area contributed by atoms with E-state index < -0.39 is 57.5 Å². The van der Waals surface area contributed by atoms with Crippen molar-refractivity contribution in [3.8, 4) is 0 Å². The number of hydrogen-bond acceptors (Lipinski definition) is 8. The molecule has 2 aliphatic heterocycles. The predicted molar refractivity (Wildman–Crippen MR) is 125 cm³/mol. The van der Waals surface area contributed by atoms with E-state index >= 15 is 0 Å². The minimum absolute atomic E-state index is 0.102. The lowest BCUT2D eigenvalue weighted by atomic mass is 9.43. The van der Waals surface area contributed by atoms with Gasteiger partial charge < -0.3 is 29.9 Å². The van der Waals surface area contributed by atoms with Crippen LogP contribution in [0.5, 0.6) is 0 Å². The molecule has 0 aromatic carbocycles. The highest BCUT2D eigenvalue weighted by Gasteiger charge is 2.96. The zero-order valence-electron chi connectivity index (χ0n) is 20.3. The van der Waals surface area contributed by atoms with Crippen LogP contribution in [0.2, 0.25) is 0 Å². The Kier molecular flexibility index (Phi) is 4.73. The van der Waals surface area contributed by atoms with Gasteiger partial charge in [-0.15, -0.1) is 0 Å². The van der Waals surface area contributed by atoms with Crippen molar-refractivity contribution < 1.29 is 39.5 Å². The Labute approximate surface area is 203 Å². The molecule has 3 aliphatic carbocycles. The van der Waals surface area contributed by atoms with Crippen LogP contribution < -0.4 is 0 Å². The first-order valence-electron chi connectivity index (χ1n) is 11.7. The fourth-order valence-electron chi connectivity index (χ4n) is 7.40. The molecule has 186 valence electrons. The second-order valence-corrected chi connectivity index (χ2v) is 10.4. The van der Waals surface area contributed by atoms with Crippen LogP contribution in [0.1, 0.15) is 34.6 Å². The molecule has 35 heavy (non-hydrogen) atoms. The quantitative estimate of drug-likeness (QED) is 0.273. The molecule has 0 spiro atoms. The molecule has 0 aromatic rings. The molecule has 3 saturated carbocycles. The van der Waals surface area contributed by atoms with Gasteiger partial charge in [0.1, 0.15) is 22.7 Å². The van der Waals surface area contributed by atoms with Gasteiger partial charge in [-0.3, -0.25) is 9.59 Å². The number of rotatable bonds is 4. The lowest BCUT2D eigenvalue weighted by Crippen LogP contribution is -2.72. The summed E-state index contributed by atoms with van der Waals surface area (Å²) in [6.45, 7) is 8.01. The molecule has 0 radical (unpaired) electrons. The van der Waals surface area contributed by atoms with E-state index in [1.807, 2.05) is 0 Å². The summed E-state index contributed by atoms with van der Waals surface area (Å²) in [5.74, 6) is -10.3. The highest BCUT2D eigenvalue weighted by molar-refractivity contribution is 6.12. The molecule has 5 rings (SSSR count). The third kappa shape index (κ3) is 2.28. The number of hydrogen-bond donors (Lipinski definition) is 4. The van der Waals surface area contributed by atoms with E-state index in [0.29, 0.717) is 0 Å². The Hall–Kier alpha value is -2.78. The molecule has 2 heterocycles. The van der Waals surface area contributed by atoms with Crippen LogP contribution in [0.25, 0.3) is 0 Å². The maximum absolute atomic E-state index is 14.2. The average Bonchev–Trinajstić information content (AvgIpc) is 3.14. The number of Topliss-reactive ketones (excluding diaryl/α,β-unsaturated/α-hetero) is 2. The molecule has 5 fully saturated rings. The smallest absolute Gasteiger partial charge is 0.210 e. The summed E-state index contributed by atoms with van der Waals surface area (Å²) in [5, 5.41) is 46.0. The van der Waals surface area contributed by atoms with E-state index in [2.05, 4.69) is 0 Å². The molecule has 8 bridgehead atoms. The summed E-state index contributed by atoms with van der Waals surface area (Å²) in [7, 11) is 0. The van der Waals surface area contributed by atoms with Gasteiger partial charge in [-0.25, -0.2) is 0 Å². The second-order valence-electron chi connectivity index (χ2n) is 10.4. The minimum atomic E-state index is -2.24. The maximum Gasteiger partial charge on any atom is 0.210 e. The zero-order valence-corrected chi connectivity index (χ0v) is 20.3. The van der Waals surface area contributed by atoms with Gasteiger partial charge in [-0.2, -0.15) is 0 Å². The Morgan fingerprint density at radius 2 is 1.34 bits per heavy atom. The summed E-state index contributed by atoms with van der Waals surface area (Å²) in [6, 6.07) is 0. The molecular formula is C27H30O8. The predicted octanol–water partition coefficient (Wildman–Crippen LogP) is 2.86. The average molecular weight is 483 g/mol. The van der Waals surface area contributed by atoms with E-state index in [4.69, 9.17) is 9.47 Å². The summed E-state index contributed by atoms with van der Waals surface area (Å²) in [5.41, 5.74) is -5.52. The summed E-state index contributed by atoms with van der Waals surface area (Å²) >= 11 is 0. The van der Waals surface area contributed by atoms with Crippen LogP contribution in [0.4, 0.5) is 0 Å². The molecule has 2 saturated heterocycles. The number of ether oxygens (including phenoxy) is 2. The van der Waals surface area contributed by atoms with E-state index in [0.717, 1.165) is 0 Å². The first-order chi connectivity index (χ1) is 16.3. The van der Waals surface area contributed by atoms with Crippen molar-refractivity contribution in [1.82, 2.24) is 0 Å². The Bertz CT molecular complexity index is 1200. The molecule has 0 aromatic heterocycles. The van der Waals surface area contributed by atoms with Crippen molar-refractivity contribution in [2.45, 2.75) is 57.4 Å². The third-order valence-electron chi connectivity index (χ3n) is 8.82. The van der Waals surface area contributed by atoms with Gasteiger partial charge in [0.15, 0.2) is 11.6 Å². The Balaban J connectivity index is 1.88. The number of aliphatic hydroxyl groups is 4. The van der Waals surface area contributed by atoms with E-state index in [-0.39, 0.29) is 22.7 Å². The molecule has 5 aliphatic rings. The van der Waals surface area contributed by atoms with Crippen molar-refractivity contribution in [3.05, 3.63) is 71.3 Å². The second kappa shape index (κ2) is 6.91. The zero-order chi connectivity index (χ0) is 25.8. The Morgan fingerprint density at radius 1 is 0.800 bits per heavy atom. The number of allylic oxidation sites excluding steroid dienone is 8. The monoisotopic (exact) mass is 482 g/mol. The van der Waals surface area contributed by atoms with Crippen molar-refractivity contribution in [3.63, 3.8) is 0 Å². The summed E-state index contributed by atoms with van der Waals surface area (Å²) in [6.07, 6.45) is 12.6. The first kappa shape index (κ1) is 23.9. The van der Waals surface area contributed by atoms with Gasteiger partial charge in [0, 0.05) is 23.0 Å². The highest BCUT2D eigenvalue weighted by Crippen LogP contribution is 2.80. The van der Waals surface area contributed by atoms with Gasteiger partial charge in [0.25, 0.3) is 0 Å². The van der Waals surface area contributed by atoms with Crippen LogP contribution in [0, 0.1) is 23.2 Å². The van der Waals surface area contributed by atoms with Crippen LogP contribution in [0.15, 0.2) is 71.3 Å². The molecule has 8 heteroatoms. The normalized spacial score (nSPS) is 50.8. The van der Waals surface area contributed by atoms with Gasteiger partial charge in [-0.1, -0.05) is 36.5 Å². The fourth-order valence-corrected chi connectivity index (χ4v) is 7.40. The summed E-state index contributed by atoms with van der Waals surface area (Å²) in [4.78, 5) is 28.2. The number of ketones is 2. The third-order valence-corrected chi connectivity index (χ3v) is 8.82. The molecule has 0 amide bonds. The lowest BCUT2D eigenvalue weighted by molar-refractivity contribution is -0.445. The van der Waals surface area contributed by atoms with Crippen molar-refractivity contribution >= 4 is 11.6 Å². The van der Waals surface area contributed by atoms with Gasteiger partial charge in [0.2, 0.25) is 11.6 Å². The molecule has 8 atom stereocenters. The van der Waals surface area contributed by atoms with Gasteiger partial charge in [-0.05, 0) is 46.8 Å². The van der Waals surface area contributed by atoms with Crippen LogP contribution in [0.3, 0.4) is 0 Å². The largest absolute Gasteiger partial charge is 0.508 e. The van der Waals surface area contributed by atoms with E-state index in [9.17, 15) is 30.0 Å². The minimum Gasteiger partial charge on any atom is -0.508 e. The molecule has 8 nitrogen and oxygen atoms in total. The first-order valence-corrected chi connectivity index (χ1v) is 11.7. The number of carbonyl (C=O) groups excluding carboxylic acids is 2. The molecule has 4 N–H and O–H groups in total. The topological polar surface area (TPSA) is 134 Å². The van der Waals surface area contributed by atoms with Crippen molar-refractivity contribution in [1.29, 1.82) is 0 Å². The number of carbonyl (C=O) groups is 2. The number of aliphatic hydroxyl groups excluding tert-OH is 2. The van der Waals surface area contributed by atoms with Gasteiger partial charge >= 0.3 is 0 Å². The van der Waals surface area contributed by atoms with Crippen LogP contribution in [-0.2, 0) is 19.1 Å². The summed E-state index contributed by atoms with van der Waals surface area (Å²) < 4.78 is 12.3. The standard InChI is InChI=1S/C27H30O8/c1-6-8-10-12-14(28)16-18-19-20(30)17(15(29)13-11-9-7-2)21-23(3,22(16)31)27(33)24(18,4)34-26(19,32)25(21,5)35-27/h6-13,18-19,21,28-29,32-33H,1-5H3/b8-6+,9-7+,12-10+,13-11+,16-14-,17-15+/t18-,19+,21+,23+,24-,25-,26+,27+/m0/s1. The highest BCUT2D eigenvalue weighted by atomic mass is 16.8. The van der Waals surface area contributed by atoms with Gasteiger partial charge in [0.05, 0.1) is 11.3 Å². The van der Waals surface area contributed by atoms with E-state index in [1.54, 1.807) is 50.3 Å². The maximum atomic E-state index is 14.2. The van der Waals surface area contributed by atoms with E-state index in [1.165, 1.54) is 32.9 Å².